The molecule has 0 radical (unpaired) electrons. The Morgan fingerprint density at radius 1 is 0.323 bits per heavy atom. The molecule has 0 heterocycles. The molecule has 0 aliphatic carbocycles. The maximum absolute atomic E-state index is 12.8. The van der Waals surface area contributed by atoms with Crippen LogP contribution in [0.3, 0.4) is 0 Å². The van der Waals surface area contributed by atoms with Gasteiger partial charge in [-0.2, -0.15) is 0 Å². The Morgan fingerprint density at radius 3 is 0.969 bits per heavy atom. The summed E-state index contributed by atoms with van der Waals surface area (Å²) in [5, 5.41) is 0. The third kappa shape index (κ3) is 51.7. The SMILES string of the molecule is CC/C=C\C/C=C\C/C=C\C/C=C\CCCCCCC(=O)OC[C@H](COC(=O)CCCCCCC/C=C\C/C=C\CCCCC)OC(=O)CCCCCCCCCCCCCCCCC. The summed E-state index contributed by atoms with van der Waals surface area (Å²) in [5.74, 6) is -0.918. The van der Waals surface area contributed by atoms with Crippen LogP contribution in [0, 0.1) is 0 Å². The van der Waals surface area contributed by atoms with E-state index in [1.165, 1.54) is 109 Å². The smallest absolute Gasteiger partial charge is 0.306 e. The predicted octanol–water partition coefficient (Wildman–Crippen LogP) is 18.2. The third-order valence-electron chi connectivity index (χ3n) is 11.7. The van der Waals surface area contributed by atoms with Crippen molar-refractivity contribution in [3.8, 4) is 0 Å². The molecule has 0 unspecified atom stereocenters. The van der Waals surface area contributed by atoms with Gasteiger partial charge in [0.1, 0.15) is 13.2 Å². The van der Waals surface area contributed by atoms with E-state index < -0.39 is 6.10 Å². The molecule has 0 aliphatic rings. The first-order valence-corrected chi connectivity index (χ1v) is 27.4. The fourth-order valence-corrected chi connectivity index (χ4v) is 7.58. The van der Waals surface area contributed by atoms with E-state index in [1.807, 2.05) is 0 Å². The highest BCUT2D eigenvalue weighted by molar-refractivity contribution is 5.71. The molecule has 6 heteroatoms. The first-order valence-electron chi connectivity index (χ1n) is 27.4. The quantitative estimate of drug-likeness (QED) is 0.0262. The van der Waals surface area contributed by atoms with Gasteiger partial charge in [0.15, 0.2) is 6.10 Å². The Balaban J connectivity index is 4.44. The Labute approximate surface area is 402 Å². The number of unbranched alkanes of at least 4 members (excludes halogenated alkanes) is 26. The molecular weight excluding hydrogens is 805 g/mol. The molecule has 374 valence electrons. The molecule has 0 aromatic carbocycles. The van der Waals surface area contributed by atoms with Crippen molar-refractivity contribution in [1.82, 2.24) is 0 Å². The summed E-state index contributed by atoms with van der Waals surface area (Å²) in [6.07, 6.45) is 67.4. The van der Waals surface area contributed by atoms with Crippen molar-refractivity contribution in [3.63, 3.8) is 0 Å². The Kier molecular flexibility index (Phi) is 50.9. The van der Waals surface area contributed by atoms with E-state index in [0.29, 0.717) is 19.3 Å². The summed E-state index contributed by atoms with van der Waals surface area (Å²) < 4.78 is 16.8. The van der Waals surface area contributed by atoms with Crippen molar-refractivity contribution < 1.29 is 28.6 Å². The fourth-order valence-electron chi connectivity index (χ4n) is 7.58. The predicted molar refractivity (Wildman–Crippen MR) is 279 cm³/mol. The lowest BCUT2D eigenvalue weighted by Crippen LogP contribution is -2.30. The van der Waals surface area contributed by atoms with Crippen molar-refractivity contribution >= 4 is 17.9 Å². The van der Waals surface area contributed by atoms with E-state index in [2.05, 4.69) is 93.7 Å². The van der Waals surface area contributed by atoms with Crippen LogP contribution in [-0.4, -0.2) is 37.2 Å². The molecule has 0 fully saturated rings. The highest BCUT2D eigenvalue weighted by Crippen LogP contribution is 2.15. The Hall–Kier alpha value is -3.15. The number of allylic oxidation sites excluding steroid dienone is 12. The summed E-state index contributed by atoms with van der Waals surface area (Å²) in [6, 6.07) is 0. The van der Waals surface area contributed by atoms with Crippen LogP contribution in [0.25, 0.3) is 0 Å². The fraction of sp³-hybridized carbons (Fsp3) is 0.746. The van der Waals surface area contributed by atoms with Gasteiger partial charge in [0.2, 0.25) is 0 Å². The van der Waals surface area contributed by atoms with Gasteiger partial charge in [-0.05, 0) is 89.9 Å². The van der Waals surface area contributed by atoms with Crippen molar-refractivity contribution in [3.05, 3.63) is 72.9 Å². The van der Waals surface area contributed by atoms with E-state index in [0.717, 1.165) is 116 Å². The van der Waals surface area contributed by atoms with Crippen LogP contribution in [0.5, 0.6) is 0 Å². The van der Waals surface area contributed by atoms with E-state index in [9.17, 15) is 14.4 Å². The van der Waals surface area contributed by atoms with Crippen molar-refractivity contribution in [2.24, 2.45) is 0 Å². The molecule has 0 bridgehead atoms. The van der Waals surface area contributed by atoms with Crippen LogP contribution in [0.1, 0.15) is 265 Å². The summed E-state index contributed by atoms with van der Waals surface area (Å²) >= 11 is 0. The molecule has 0 aromatic heterocycles. The molecular formula is C59H102O6. The third-order valence-corrected chi connectivity index (χ3v) is 11.7. The van der Waals surface area contributed by atoms with E-state index in [-0.39, 0.29) is 31.1 Å². The first-order chi connectivity index (χ1) is 32.0. The van der Waals surface area contributed by atoms with Gasteiger partial charge in [-0.15, -0.1) is 0 Å². The number of hydrogen-bond donors (Lipinski definition) is 0. The molecule has 0 aliphatic heterocycles. The number of esters is 3. The van der Waals surface area contributed by atoms with Gasteiger partial charge in [0, 0.05) is 19.3 Å². The number of carbonyl (C=O) groups excluding carboxylic acids is 3. The zero-order valence-corrected chi connectivity index (χ0v) is 42.7. The molecule has 0 aromatic rings. The lowest BCUT2D eigenvalue weighted by atomic mass is 10.0. The second-order valence-corrected chi connectivity index (χ2v) is 18.1. The zero-order valence-electron chi connectivity index (χ0n) is 42.7. The minimum atomic E-state index is -0.789. The molecule has 0 rings (SSSR count). The van der Waals surface area contributed by atoms with Gasteiger partial charge in [0.25, 0.3) is 0 Å². The Morgan fingerprint density at radius 2 is 0.600 bits per heavy atom. The normalized spacial score (nSPS) is 12.6. The minimum Gasteiger partial charge on any atom is -0.462 e. The minimum absolute atomic E-state index is 0.0890. The average molecular weight is 907 g/mol. The maximum atomic E-state index is 12.8. The molecule has 65 heavy (non-hydrogen) atoms. The average Bonchev–Trinajstić information content (AvgIpc) is 3.30. The molecule has 6 nitrogen and oxygen atoms in total. The topological polar surface area (TPSA) is 78.9 Å². The van der Waals surface area contributed by atoms with Crippen LogP contribution in [-0.2, 0) is 28.6 Å². The molecule has 0 amide bonds. The molecule has 0 N–H and O–H groups in total. The number of rotatable bonds is 49. The summed E-state index contributed by atoms with van der Waals surface area (Å²) in [6.45, 7) is 6.48. The van der Waals surface area contributed by atoms with E-state index in [1.54, 1.807) is 0 Å². The summed E-state index contributed by atoms with van der Waals surface area (Å²) in [4.78, 5) is 38.1. The van der Waals surface area contributed by atoms with Gasteiger partial charge < -0.3 is 14.2 Å². The Bertz CT molecular complexity index is 1230. The largest absolute Gasteiger partial charge is 0.462 e. The van der Waals surface area contributed by atoms with Crippen LogP contribution >= 0.6 is 0 Å². The van der Waals surface area contributed by atoms with Crippen molar-refractivity contribution in [2.45, 2.75) is 271 Å². The highest BCUT2D eigenvalue weighted by Gasteiger charge is 2.19. The lowest BCUT2D eigenvalue weighted by molar-refractivity contribution is -0.167. The van der Waals surface area contributed by atoms with Gasteiger partial charge in [-0.3, -0.25) is 14.4 Å². The van der Waals surface area contributed by atoms with Crippen LogP contribution < -0.4 is 0 Å². The molecule has 0 saturated heterocycles. The monoisotopic (exact) mass is 907 g/mol. The van der Waals surface area contributed by atoms with Crippen LogP contribution in [0.2, 0.25) is 0 Å². The van der Waals surface area contributed by atoms with Crippen LogP contribution in [0.4, 0.5) is 0 Å². The van der Waals surface area contributed by atoms with Crippen LogP contribution in [0.15, 0.2) is 72.9 Å². The summed E-state index contributed by atoms with van der Waals surface area (Å²) in [7, 11) is 0. The van der Waals surface area contributed by atoms with Crippen molar-refractivity contribution in [1.29, 1.82) is 0 Å². The van der Waals surface area contributed by atoms with E-state index in [4.69, 9.17) is 14.2 Å². The van der Waals surface area contributed by atoms with E-state index >= 15 is 0 Å². The highest BCUT2D eigenvalue weighted by atomic mass is 16.6. The number of ether oxygens (including phenoxy) is 3. The zero-order chi connectivity index (χ0) is 47.2. The van der Waals surface area contributed by atoms with Gasteiger partial charge in [0.05, 0.1) is 0 Å². The number of carbonyl (C=O) groups is 3. The lowest BCUT2D eigenvalue weighted by Gasteiger charge is -2.18. The maximum Gasteiger partial charge on any atom is 0.306 e. The van der Waals surface area contributed by atoms with Crippen molar-refractivity contribution in [2.75, 3.05) is 13.2 Å². The van der Waals surface area contributed by atoms with Gasteiger partial charge in [-0.25, -0.2) is 0 Å². The molecule has 0 saturated carbocycles. The molecule has 1 atom stereocenters. The van der Waals surface area contributed by atoms with Gasteiger partial charge in [-0.1, -0.05) is 229 Å². The first kappa shape index (κ1) is 61.9. The van der Waals surface area contributed by atoms with Gasteiger partial charge >= 0.3 is 17.9 Å². The summed E-state index contributed by atoms with van der Waals surface area (Å²) in [5.41, 5.74) is 0. The number of hydrogen-bond acceptors (Lipinski definition) is 6. The molecule has 0 spiro atoms. The second-order valence-electron chi connectivity index (χ2n) is 18.1. The second kappa shape index (κ2) is 53.5. The standard InChI is InChI=1S/C59H102O6/c1-4-7-10-13-16-19-22-25-28-29-32-34-37-40-43-46-49-52-58(61)64-55-56(65-59(62)53-50-47-44-41-38-35-31-27-24-21-18-15-12-9-6-3)54-63-57(60)51-48-45-42-39-36-33-30-26-23-20-17-14-11-8-5-2/h7,10,16-17,19-20,25-26,28,30,32,34,56H,4-6,8-9,11-15,18,21-24,27,29,31,33,35-55H2,1-3H3/b10-7-,19-16-,20-17-,28-25-,30-26-,34-32-/t56-/m0/s1.